The monoisotopic (exact) mass is 265 g/mol. The first-order valence-corrected chi connectivity index (χ1v) is 6.58. The number of aliphatic hydroxyl groups is 1. The highest BCUT2D eigenvalue weighted by molar-refractivity contribution is 7.20. The number of halogens is 1. The molecular weight excluding hydrogens is 253 g/mol. The molecule has 94 valence electrons. The van der Waals surface area contributed by atoms with Gasteiger partial charge in [0.25, 0.3) is 5.91 Å². The van der Waals surface area contributed by atoms with Crippen molar-refractivity contribution in [2.45, 2.75) is 0 Å². The Morgan fingerprint density at radius 1 is 1.44 bits per heavy atom. The van der Waals surface area contributed by atoms with Gasteiger partial charge in [0.15, 0.2) is 0 Å². The third kappa shape index (κ3) is 1.89. The highest BCUT2D eigenvalue weighted by Gasteiger charge is 2.31. The minimum Gasteiger partial charge on any atom is -0.396 e. The first kappa shape index (κ1) is 11.6. The number of amides is 1. The summed E-state index contributed by atoms with van der Waals surface area (Å²) in [7, 11) is 0. The summed E-state index contributed by atoms with van der Waals surface area (Å²) in [4.78, 5) is 14.4. The standard InChI is InChI=1S/C13H12FNO2S/c14-10-1-2-11-9(3-10)4-12(18-11)13(17)15-5-8(6-15)7-16/h1-4,8,16H,5-7H2. The summed E-state index contributed by atoms with van der Waals surface area (Å²) in [6, 6.07) is 6.27. The summed E-state index contributed by atoms with van der Waals surface area (Å²) in [5.74, 6) is -0.106. The zero-order chi connectivity index (χ0) is 12.7. The van der Waals surface area contributed by atoms with Crippen LogP contribution in [0.4, 0.5) is 4.39 Å². The minimum atomic E-state index is -0.288. The lowest BCUT2D eigenvalue weighted by Crippen LogP contribution is -2.51. The van der Waals surface area contributed by atoms with E-state index in [4.69, 9.17) is 5.11 Å². The van der Waals surface area contributed by atoms with Gasteiger partial charge in [-0.05, 0) is 29.7 Å². The zero-order valence-corrected chi connectivity index (χ0v) is 10.4. The lowest BCUT2D eigenvalue weighted by atomic mass is 10.0. The van der Waals surface area contributed by atoms with E-state index in [1.165, 1.54) is 23.5 Å². The molecule has 0 unspecified atom stereocenters. The van der Waals surface area contributed by atoms with Crippen LogP contribution >= 0.6 is 11.3 Å². The SMILES string of the molecule is O=C(c1cc2cc(F)ccc2s1)N1CC(CO)C1. The van der Waals surface area contributed by atoms with Crippen molar-refractivity contribution in [2.75, 3.05) is 19.7 Å². The number of carbonyl (C=O) groups excluding carboxylic acids is 1. The number of likely N-dealkylation sites (tertiary alicyclic amines) is 1. The van der Waals surface area contributed by atoms with Gasteiger partial charge in [0, 0.05) is 30.3 Å². The van der Waals surface area contributed by atoms with Gasteiger partial charge in [-0.3, -0.25) is 4.79 Å². The molecule has 0 radical (unpaired) electrons. The van der Waals surface area contributed by atoms with Crippen molar-refractivity contribution in [2.24, 2.45) is 5.92 Å². The van der Waals surface area contributed by atoms with Gasteiger partial charge in [0.05, 0.1) is 4.88 Å². The van der Waals surface area contributed by atoms with Gasteiger partial charge < -0.3 is 10.0 Å². The summed E-state index contributed by atoms with van der Waals surface area (Å²) < 4.78 is 14.0. The van der Waals surface area contributed by atoms with Crippen LogP contribution in [-0.2, 0) is 0 Å². The molecule has 5 heteroatoms. The van der Waals surface area contributed by atoms with Gasteiger partial charge in [-0.15, -0.1) is 11.3 Å². The molecule has 2 heterocycles. The van der Waals surface area contributed by atoms with Crippen LogP contribution < -0.4 is 0 Å². The fourth-order valence-corrected chi connectivity index (χ4v) is 3.14. The fraction of sp³-hybridized carbons (Fsp3) is 0.308. The number of aliphatic hydroxyl groups excluding tert-OH is 1. The molecule has 1 aliphatic heterocycles. The van der Waals surface area contributed by atoms with Gasteiger partial charge in [0.2, 0.25) is 0 Å². The van der Waals surface area contributed by atoms with E-state index in [0.717, 1.165) is 10.1 Å². The van der Waals surface area contributed by atoms with Crippen molar-refractivity contribution in [3.63, 3.8) is 0 Å². The third-order valence-corrected chi connectivity index (χ3v) is 4.30. The van der Waals surface area contributed by atoms with E-state index in [2.05, 4.69) is 0 Å². The molecule has 0 bridgehead atoms. The van der Waals surface area contributed by atoms with Crippen LogP contribution in [-0.4, -0.2) is 35.6 Å². The predicted octanol–water partition coefficient (Wildman–Crippen LogP) is 2.10. The lowest BCUT2D eigenvalue weighted by Gasteiger charge is -2.37. The predicted molar refractivity (Wildman–Crippen MR) is 68.3 cm³/mol. The molecular formula is C13H12FNO2S. The van der Waals surface area contributed by atoms with Gasteiger partial charge in [-0.1, -0.05) is 0 Å². The topological polar surface area (TPSA) is 40.5 Å². The van der Waals surface area contributed by atoms with Crippen LogP contribution in [0.15, 0.2) is 24.3 Å². The molecule has 1 fully saturated rings. The largest absolute Gasteiger partial charge is 0.396 e. The second kappa shape index (κ2) is 4.33. The third-order valence-electron chi connectivity index (χ3n) is 3.19. The van der Waals surface area contributed by atoms with E-state index in [1.807, 2.05) is 0 Å². The number of rotatable bonds is 2. The number of carbonyl (C=O) groups is 1. The van der Waals surface area contributed by atoms with E-state index in [-0.39, 0.29) is 24.2 Å². The number of nitrogens with zero attached hydrogens (tertiary/aromatic N) is 1. The number of fused-ring (bicyclic) bond motifs is 1. The molecule has 1 aromatic heterocycles. The number of hydrogen-bond donors (Lipinski definition) is 1. The van der Waals surface area contributed by atoms with Crippen LogP contribution in [0.25, 0.3) is 10.1 Å². The Kier molecular flexibility index (Phi) is 2.80. The van der Waals surface area contributed by atoms with Gasteiger partial charge in [-0.25, -0.2) is 4.39 Å². The molecule has 2 aromatic rings. The molecule has 1 saturated heterocycles. The maximum absolute atomic E-state index is 13.1. The Morgan fingerprint density at radius 2 is 2.22 bits per heavy atom. The maximum atomic E-state index is 13.1. The molecule has 0 atom stereocenters. The summed E-state index contributed by atoms with van der Waals surface area (Å²) in [5, 5.41) is 9.69. The minimum absolute atomic E-state index is 0.0266. The van der Waals surface area contributed by atoms with Crippen LogP contribution in [0.1, 0.15) is 9.67 Å². The highest BCUT2D eigenvalue weighted by atomic mass is 32.1. The van der Waals surface area contributed by atoms with Crippen molar-refractivity contribution >= 4 is 27.3 Å². The van der Waals surface area contributed by atoms with Gasteiger partial charge in [0.1, 0.15) is 5.82 Å². The second-order valence-corrected chi connectivity index (χ2v) is 5.64. The van der Waals surface area contributed by atoms with Crippen molar-refractivity contribution in [1.29, 1.82) is 0 Å². The van der Waals surface area contributed by atoms with E-state index in [1.54, 1.807) is 17.0 Å². The zero-order valence-electron chi connectivity index (χ0n) is 9.60. The average molecular weight is 265 g/mol. The van der Waals surface area contributed by atoms with Crippen LogP contribution in [0.5, 0.6) is 0 Å². The van der Waals surface area contributed by atoms with Crippen LogP contribution in [0.2, 0.25) is 0 Å². The molecule has 18 heavy (non-hydrogen) atoms. The molecule has 1 aliphatic rings. The summed E-state index contributed by atoms with van der Waals surface area (Å²) in [6.45, 7) is 1.34. The molecule has 1 aromatic carbocycles. The smallest absolute Gasteiger partial charge is 0.263 e. The van der Waals surface area contributed by atoms with E-state index >= 15 is 0 Å². The van der Waals surface area contributed by atoms with Crippen LogP contribution in [0.3, 0.4) is 0 Å². The van der Waals surface area contributed by atoms with E-state index < -0.39 is 0 Å². The summed E-state index contributed by atoms with van der Waals surface area (Å²) >= 11 is 1.38. The molecule has 0 aliphatic carbocycles. The molecule has 0 spiro atoms. The first-order chi connectivity index (χ1) is 8.67. The van der Waals surface area contributed by atoms with E-state index in [9.17, 15) is 9.18 Å². The number of hydrogen-bond acceptors (Lipinski definition) is 3. The summed E-state index contributed by atoms with van der Waals surface area (Å²) in [6.07, 6.45) is 0. The normalized spacial score (nSPS) is 16.0. The quantitative estimate of drug-likeness (QED) is 0.903. The molecule has 3 rings (SSSR count). The van der Waals surface area contributed by atoms with Gasteiger partial charge in [-0.2, -0.15) is 0 Å². The van der Waals surface area contributed by atoms with Crippen molar-refractivity contribution in [1.82, 2.24) is 4.90 Å². The number of thiophene rings is 1. The highest BCUT2D eigenvalue weighted by Crippen LogP contribution is 2.29. The Labute approximate surface area is 107 Å². The van der Waals surface area contributed by atoms with E-state index in [0.29, 0.717) is 18.0 Å². The molecule has 3 nitrogen and oxygen atoms in total. The fourth-order valence-electron chi connectivity index (χ4n) is 2.13. The Balaban J connectivity index is 1.84. The van der Waals surface area contributed by atoms with Gasteiger partial charge >= 0.3 is 0 Å². The Hall–Kier alpha value is -1.46. The number of benzene rings is 1. The molecule has 1 amide bonds. The molecule has 1 N–H and O–H groups in total. The Morgan fingerprint density at radius 3 is 2.94 bits per heavy atom. The maximum Gasteiger partial charge on any atom is 0.263 e. The van der Waals surface area contributed by atoms with Crippen molar-refractivity contribution < 1.29 is 14.3 Å². The van der Waals surface area contributed by atoms with Crippen molar-refractivity contribution in [3.8, 4) is 0 Å². The second-order valence-electron chi connectivity index (χ2n) is 4.55. The first-order valence-electron chi connectivity index (χ1n) is 5.76. The molecule has 0 saturated carbocycles. The lowest BCUT2D eigenvalue weighted by molar-refractivity contribution is 0.0366. The summed E-state index contributed by atoms with van der Waals surface area (Å²) in [5.41, 5.74) is 0. The van der Waals surface area contributed by atoms with Crippen molar-refractivity contribution in [3.05, 3.63) is 35.0 Å². The van der Waals surface area contributed by atoms with Crippen LogP contribution in [0, 0.1) is 11.7 Å². The Bertz CT molecular complexity index is 604. The average Bonchev–Trinajstić information content (AvgIpc) is 2.70.